The first-order valence-electron chi connectivity index (χ1n) is 10.7. The van der Waals surface area contributed by atoms with Gasteiger partial charge < -0.3 is 20.0 Å². The number of phenols is 1. The summed E-state index contributed by atoms with van der Waals surface area (Å²) < 4.78 is 3.56. The number of Topliss-reactive ketones (excluding diaryl/α,β-unsaturated/α-hetero) is 1. The van der Waals surface area contributed by atoms with Crippen LogP contribution in [-0.4, -0.2) is 26.6 Å². The number of aromatic nitrogens is 2. The number of nitrogens with two attached hydrogens (primary N) is 1. The molecular formula is C25H34N4O2. The molecule has 166 valence electrons. The number of carbonyl (C=O) groups excluding carboxylic acids is 1. The Morgan fingerprint density at radius 2 is 1.45 bits per heavy atom. The summed E-state index contributed by atoms with van der Waals surface area (Å²) in [6, 6.07) is 11.3. The van der Waals surface area contributed by atoms with Gasteiger partial charge in [0.25, 0.3) is 0 Å². The average Bonchev–Trinajstić information content (AvgIpc) is 2.92. The number of nitrogens with one attached hydrogen (secondary N) is 1. The summed E-state index contributed by atoms with van der Waals surface area (Å²) >= 11 is 0. The summed E-state index contributed by atoms with van der Waals surface area (Å²) in [6.45, 7) is 13.1. The molecule has 0 bridgehead atoms. The predicted molar refractivity (Wildman–Crippen MR) is 125 cm³/mol. The maximum atomic E-state index is 13.4. The molecule has 0 saturated carbocycles. The number of fused-ring (bicyclic) bond motifs is 1. The molecule has 0 aliphatic rings. The SMILES string of the molecule is CC(C)(C)c1cc(C(=O)Cn2c(=N)n(CCN)c3ccccc32)cc(C(C)(C)C)c1O. The molecule has 0 saturated heterocycles. The zero-order valence-electron chi connectivity index (χ0n) is 19.4. The maximum Gasteiger partial charge on any atom is 0.203 e. The number of aromatic hydroxyl groups is 1. The van der Waals surface area contributed by atoms with E-state index in [1.165, 1.54) is 0 Å². The standard InChI is InChI=1S/C25H34N4O2/c1-24(2,3)17-13-16(14-18(22(17)31)25(4,5)6)21(30)15-29-20-10-8-7-9-19(20)28(12-11-26)23(29)27/h7-10,13-14,27,31H,11-12,15,26H2,1-6H3. The second-order valence-electron chi connectivity index (χ2n) is 10.2. The summed E-state index contributed by atoms with van der Waals surface area (Å²) in [5, 5.41) is 19.6. The molecule has 0 unspecified atom stereocenters. The molecule has 4 N–H and O–H groups in total. The molecule has 2 aromatic carbocycles. The normalized spacial score (nSPS) is 12.5. The topological polar surface area (TPSA) is 97.0 Å². The average molecular weight is 423 g/mol. The number of imidazole rings is 1. The summed E-state index contributed by atoms with van der Waals surface area (Å²) in [5.41, 5.74) is 9.16. The number of rotatable bonds is 5. The van der Waals surface area contributed by atoms with Crippen molar-refractivity contribution in [2.45, 2.75) is 65.5 Å². The van der Waals surface area contributed by atoms with Crippen LogP contribution in [0, 0.1) is 5.41 Å². The highest BCUT2D eigenvalue weighted by atomic mass is 16.3. The van der Waals surface area contributed by atoms with Crippen molar-refractivity contribution < 1.29 is 9.90 Å². The van der Waals surface area contributed by atoms with E-state index in [0.29, 0.717) is 18.7 Å². The lowest BCUT2D eigenvalue weighted by Crippen LogP contribution is -2.29. The predicted octanol–water partition coefficient (Wildman–Crippen LogP) is 4.06. The third-order valence-corrected chi connectivity index (χ3v) is 5.68. The molecule has 0 fully saturated rings. The Morgan fingerprint density at radius 3 is 1.90 bits per heavy atom. The molecule has 0 aliphatic heterocycles. The molecule has 0 aliphatic carbocycles. The van der Waals surface area contributed by atoms with Gasteiger partial charge in [0.15, 0.2) is 5.78 Å². The van der Waals surface area contributed by atoms with Crippen molar-refractivity contribution in [3.63, 3.8) is 0 Å². The summed E-state index contributed by atoms with van der Waals surface area (Å²) in [4.78, 5) is 13.4. The molecule has 31 heavy (non-hydrogen) atoms. The zero-order chi connectivity index (χ0) is 23.1. The van der Waals surface area contributed by atoms with E-state index in [9.17, 15) is 9.90 Å². The monoisotopic (exact) mass is 422 g/mol. The highest BCUT2D eigenvalue weighted by Gasteiger charge is 2.28. The smallest absolute Gasteiger partial charge is 0.203 e. The second kappa shape index (κ2) is 8.00. The van der Waals surface area contributed by atoms with Crippen LogP contribution in [0.25, 0.3) is 11.0 Å². The van der Waals surface area contributed by atoms with Crippen molar-refractivity contribution in [3.8, 4) is 5.75 Å². The Hall–Kier alpha value is -2.86. The van der Waals surface area contributed by atoms with E-state index in [-0.39, 0.29) is 34.5 Å². The van der Waals surface area contributed by atoms with Crippen LogP contribution in [0.5, 0.6) is 5.75 Å². The van der Waals surface area contributed by atoms with Gasteiger partial charge in [-0.3, -0.25) is 10.2 Å². The first-order chi connectivity index (χ1) is 14.4. The van der Waals surface area contributed by atoms with Crippen LogP contribution < -0.4 is 11.4 Å². The Morgan fingerprint density at radius 1 is 0.968 bits per heavy atom. The van der Waals surface area contributed by atoms with Crippen LogP contribution in [0.1, 0.15) is 63.0 Å². The van der Waals surface area contributed by atoms with Crippen molar-refractivity contribution in [1.82, 2.24) is 9.13 Å². The molecule has 0 atom stereocenters. The van der Waals surface area contributed by atoms with Crippen molar-refractivity contribution in [2.24, 2.45) is 5.73 Å². The zero-order valence-corrected chi connectivity index (χ0v) is 19.4. The van der Waals surface area contributed by atoms with Gasteiger partial charge in [0.05, 0.1) is 17.6 Å². The summed E-state index contributed by atoms with van der Waals surface area (Å²) in [6.07, 6.45) is 0. The fourth-order valence-electron chi connectivity index (χ4n) is 3.98. The van der Waals surface area contributed by atoms with E-state index in [1.54, 1.807) is 16.7 Å². The minimum Gasteiger partial charge on any atom is -0.507 e. The first kappa shape index (κ1) is 22.8. The molecule has 1 heterocycles. The highest BCUT2D eigenvalue weighted by molar-refractivity contribution is 5.97. The molecule has 1 aromatic heterocycles. The summed E-state index contributed by atoms with van der Waals surface area (Å²) in [5.74, 6) is 0.162. The van der Waals surface area contributed by atoms with Crippen molar-refractivity contribution in [2.75, 3.05) is 6.54 Å². The molecule has 0 radical (unpaired) electrons. The molecule has 6 nitrogen and oxygen atoms in total. The quantitative estimate of drug-likeness (QED) is 0.541. The molecule has 0 amide bonds. The van der Waals surface area contributed by atoms with Crippen LogP contribution in [0.4, 0.5) is 0 Å². The van der Waals surface area contributed by atoms with E-state index < -0.39 is 0 Å². The Kier molecular flexibility index (Phi) is 5.89. The third kappa shape index (κ3) is 4.30. The van der Waals surface area contributed by atoms with E-state index in [2.05, 4.69) is 0 Å². The van der Waals surface area contributed by atoms with Crippen molar-refractivity contribution in [3.05, 3.63) is 58.7 Å². The van der Waals surface area contributed by atoms with Gasteiger partial charge in [-0.1, -0.05) is 53.7 Å². The maximum absolute atomic E-state index is 13.4. The minimum atomic E-state index is -0.314. The van der Waals surface area contributed by atoms with E-state index >= 15 is 0 Å². The number of nitrogens with zero attached hydrogens (tertiary/aromatic N) is 2. The van der Waals surface area contributed by atoms with Gasteiger partial charge in [0, 0.05) is 29.8 Å². The van der Waals surface area contributed by atoms with Gasteiger partial charge in [-0.15, -0.1) is 0 Å². The number of phenolic OH excluding ortho intramolecular Hbond substituents is 1. The molecule has 6 heteroatoms. The first-order valence-corrected chi connectivity index (χ1v) is 10.7. The number of benzene rings is 2. The fourth-order valence-corrected chi connectivity index (χ4v) is 3.98. The van der Waals surface area contributed by atoms with E-state index in [4.69, 9.17) is 11.1 Å². The number of carbonyl (C=O) groups is 1. The third-order valence-electron chi connectivity index (χ3n) is 5.68. The van der Waals surface area contributed by atoms with Gasteiger partial charge in [0.2, 0.25) is 5.62 Å². The van der Waals surface area contributed by atoms with Gasteiger partial charge in [-0.2, -0.15) is 0 Å². The van der Waals surface area contributed by atoms with Gasteiger partial charge in [-0.25, -0.2) is 0 Å². The van der Waals surface area contributed by atoms with Crippen LogP contribution in [0.3, 0.4) is 0 Å². The highest BCUT2D eigenvalue weighted by Crippen LogP contribution is 2.39. The second-order valence-corrected chi connectivity index (χ2v) is 10.2. The van der Waals surface area contributed by atoms with Gasteiger partial charge in [-0.05, 0) is 35.1 Å². The molecule has 3 aromatic rings. The van der Waals surface area contributed by atoms with Crippen LogP contribution in [-0.2, 0) is 23.9 Å². The summed E-state index contributed by atoms with van der Waals surface area (Å²) in [7, 11) is 0. The van der Waals surface area contributed by atoms with E-state index in [0.717, 1.165) is 22.2 Å². The number of hydrogen-bond acceptors (Lipinski definition) is 4. The molecular weight excluding hydrogens is 388 g/mol. The van der Waals surface area contributed by atoms with E-state index in [1.807, 2.05) is 70.4 Å². The Labute approximate surface area is 183 Å². The lowest BCUT2D eigenvalue weighted by molar-refractivity contribution is 0.0971. The molecule has 3 rings (SSSR count). The fraction of sp³-hybridized carbons (Fsp3) is 0.440. The number of hydrogen-bond donors (Lipinski definition) is 3. The lowest BCUT2D eigenvalue weighted by Gasteiger charge is -2.28. The lowest BCUT2D eigenvalue weighted by atomic mass is 9.78. The van der Waals surface area contributed by atoms with Crippen molar-refractivity contribution >= 4 is 16.8 Å². The Balaban J connectivity index is 2.13. The largest absolute Gasteiger partial charge is 0.507 e. The van der Waals surface area contributed by atoms with Gasteiger partial charge >= 0.3 is 0 Å². The van der Waals surface area contributed by atoms with Crippen molar-refractivity contribution in [1.29, 1.82) is 5.41 Å². The number of para-hydroxylation sites is 2. The minimum absolute atomic E-state index is 0.0505. The van der Waals surface area contributed by atoms with Crippen LogP contribution in [0.15, 0.2) is 36.4 Å². The molecule has 0 spiro atoms. The van der Waals surface area contributed by atoms with Crippen LogP contribution >= 0.6 is 0 Å². The van der Waals surface area contributed by atoms with Crippen LogP contribution in [0.2, 0.25) is 0 Å². The number of ketones is 1. The Bertz CT molecular complexity index is 1150. The van der Waals surface area contributed by atoms with Gasteiger partial charge in [0.1, 0.15) is 5.75 Å².